The SMILES string of the molecule is O=C(NCCCc1ncn[nH]1)C1Cc2ccccc2CN1. The molecule has 110 valence electrons. The summed E-state index contributed by atoms with van der Waals surface area (Å²) in [5.74, 6) is 0.927. The molecule has 1 aliphatic rings. The number of nitrogens with one attached hydrogen (secondary N) is 3. The normalized spacial score (nSPS) is 17.2. The van der Waals surface area contributed by atoms with E-state index in [4.69, 9.17) is 0 Å². The van der Waals surface area contributed by atoms with Crippen molar-refractivity contribution in [1.29, 1.82) is 0 Å². The van der Waals surface area contributed by atoms with E-state index in [2.05, 4.69) is 37.9 Å². The lowest BCUT2D eigenvalue weighted by Gasteiger charge is -2.25. The number of carbonyl (C=O) groups is 1. The summed E-state index contributed by atoms with van der Waals surface area (Å²) in [5, 5.41) is 12.9. The van der Waals surface area contributed by atoms with Crippen LogP contribution < -0.4 is 10.6 Å². The predicted octanol–water partition coefficient (Wildman–Crippen LogP) is 0.568. The first kappa shape index (κ1) is 13.8. The lowest BCUT2D eigenvalue weighted by atomic mass is 9.95. The minimum Gasteiger partial charge on any atom is -0.355 e. The molecular weight excluding hydrogens is 266 g/mol. The van der Waals surface area contributed by atoms with Crippen LogP contribution >= 0.6 is 0 Å². The Morgan fingerprint density at radius 1 is 1.33 bits per heavy atom. The van der Waals surface area contributed by atoms with Crippen LogP contribution in [0.25, 0.3) is 0 Å². The summed E-state index contributed by atoms with van der Waals surface area (Å²) in [4.78, 5) is 16.2. The minimum atomic E-state index is -0.134. The number of H-pyrrole nitrogens is 1. The summed E-state index contributed by atoms with van der Waals surface area (Å²) in [6, 6.07) is 8.12. The van der Waals surface area contributed by atoms with Crippen LogP contribution in [0, 0.1) is 0 Å². The number of amides is 1. The Morgan fingerprint density at radius 2 is 2.19 bits per heavy atom. The molecule has 1 amide bonds. The van der Waals surface area contributed by atoms with E-state index in [1.54, 1.807) is 0 Å². The molecule has 6 heteroatoms. The number of aryl methyl sites for hydroxylation is 1. The highest BCUT2D eigenvalue weighted by Crippen LogP contribution is 2.16. The van der Waals surface area contributed by atoms with Crippen molar-refractivity contribution in [2.75, 3.05) is 6.54 Å². The van der Waals surface area contributed by atoms with Crippen molar-refractivity contribution < 1.29 is 4.79 Å². The second-order valence-electron chi connectivity index (χ2n) is 5.23. The second-order valence-corrected chi connectivity index (χ2v) is 5.23. The van der Waals surface area contributed by atoms with Crippen LogP contribution in [0.2, 0.25) is 0 Å². The van der Waals surface area contributed by atoms with Gasteiger partial charge in [-0.15, -0.1) is 0 Å². The van der Waals surface area contributed by atoms with E-state index in [-0.39, 0.29) is 11.9 Å². The fourth-order valence-corrected chi connectivity index (χ4v) is 2.58. The van der Waals surface area contributed by atoms with Gasteiger partial charge in [-0.3, -0.25) is 9.89 Å². The number of hydrogen-bond donors (Lipinski definition) is 3. The van der Waals surface area contributed by atoms with Crippen LogP contribution in [0.15, 0.2) is 30.6 Å². The molecular formula is C15H19N5O. The zero-order chi connectivity index (χ0) is 14.5. The number of benzene rings is 1. The Hall–Kier alpha value is -2.21. The molecule has 0 aliphatic carbocycles. The van der Waals surface area contributed by atoms with Crippen molar-refractivity contribution in [3.8, 4) is 0 Å². The maximum atomic E-state index is 12.2. The molecule has 0 saturated carbocycles. The van der Waals surface area contributed by atoms with Gasteiger partial charge in [0.2, 0.25) is 5.91 Å². The number of aromatic nitrogens is 3. The number of carbonyl (C=O) groups excluding carboxylic acids is 1. The van der Waals surface area contributed by atoms with Gasteiger partial charge >= 0.3 is 0 Å². The molecule has 0 radical (unpaired) electrons. The van der Waals surface area contributed by atoms with Crippen molar-refractivity contribution in [1.82, 2.24) is 25.8 Å². The molecule has 2 aromatic rings. The number of aromatic amines is 1. The monoisotopic (exact) mass is 285 g/mol. The van der Waals surface area contributed by atoms with Crippen LogP contribution in [0.5, 0.6) is 0 Å². The lowest BCUT2D eigenvalue weighted by molar-refractivity contribution is -0.123. The predicted molar refractivity (Wildman–Crippen MR) is 78.5 cm³/mol. The third-order valence-corrected chi connectivity index (χ3v) is 3.75. The van der Waals surface area contributed by atoms with Crippen molar-refractivity contribution in [3.05, 3.63) is 47.5 Å². The van der Waals surface area contributed by atoms with Gasteiger partial charge in [-0.1, -0.05) is 24.3 Å². The van der Waals surface area contributed by atoms with Crippen molar-refractivity contribution >= 4 is 5.91 Å². The highest BCUT2D eigenvalue weighted by atomic mass is 16.2. The molecule has 1 aromatic carbocycles. The van der Waals surface area contributed by atoms with E-state index in [1.807, 2.05) is 12.1 Å². The molecule has 0 bridgehead atoms. The van der Waals surface area contributed by atoms with E-state index in [9.17, 15) is 4.79 Å². The zero-order valence-corrected chi connectivity index (χ0v) is 11.8. The number of fused-ring (bicyclic) bond motifs is 1. The molecule has 3 rings (SSSR count). The molecule has 1 aliphatic heterocycles. The molecule has 1 aromatic heterocycles. The first-order valence-corrected chi connectivity index (χ1v) is 7.25. The van der Waals surface area contributed by atoms with Crippen molar-refractivity contribution in [2.24, 2.45) is 0 Å². The van der Waals surface area contributed by atoms with Crippen molar-refractivity contribution in [2.45, 2.75) is 31.8 Å². The Kier molecular flexibility index (Phi) is 4.25. The van der Waals surface area contributed by atoms with Crippen molar-refractivity contribution in [3.63, 3.8) is 0 Å². The molecule has 1 atom stereocenters. The van der Waals surface area contributed by atoms with E-state index in [0.29, 0.717) is 6.54 Å². The van der Waals surface area contributed by atoms with Crippen LogP contribution in [0.3, 0.4) is 0 Å². The summed E-state index contributed by atoms with van der Waals surface area (Å²) in [6.07, 6.45) is 3.90. The maximum Gasteiger partial charge on any atom is 0.237 e. The van der Waals surface area contributed by atoms with Gasteiger partial charge in [0.1, 0.15) is 12.2 Å². The third kappa shape index (κ3) is 3.46. The van der Waals surface area contributed by atoms with Gasteiger partial charge in [0.15, 0.2) is 0 Å². The highest BCUT2D eigenvalue weighted by Gasteiger charge is 2.23. The maximum absolute atomic E-state index is 12.2. The van der Waals surface area contributed by atoms with Gasteiger partial charge in [-0.05, 0) is 24.0 Å². The number of rotatable bonds is 5. The third-order valence-electron chi connectivity index (χ3n) is 3.75. The van der Waals surface area contributed by atoms with Crippen LogP contribution in [0.1, 0.15) is 23.4 Å². The van der Waals surface area contributed by atoms with E-state index in [1.165, 1.54) is 17.5 Å². The standard InChI is InChI=1S/C15H19N5O/c21-15(16-7-3-6-14-18-10-19-20-14)13-8-11-4-1-2-5-12(11)9-17-13/h1-2,4-5,10,13,17H,3,6-9H2,(H,16,21)(H,18,19,20). The Balaban J connectivity index is 1.44. The summed E-state index contributed by atoms with van der Waals surface area (Å²) in [5.41, 5.74) is 2.55. The molecule has 1 unspecified atom stereocenters. The molecule has 2 heterocycles. The first-order valence-electron chi connectivity index (χ1n) is 7.25. The fraction of sp³-hybridized carbons (Fsp3) is 0.400. The quantitative estimate of drug-likeness (QED) is 0.701. The fourth-order valence-electron chi connectivity index (χ4n) is 2.58. The summed E-state index contributed by atoms with van der Waals surface area (Å²) in [6.45, 7) is 1.41. The second kappa shape index (κ2) is 6.49. The van der Waals surface area contributed by atoms with Gasteiger partial charge in [-0.25, -0.2) is 4.98 Å². The smallest absolute Gasteiger partial charge is 0.237 e. The van der Waals surface area contributed by atoms with Crippen LogP contribution in [0.4, 0.5) is 0 Å². The van der Waals surface area contributed by atoms with Gasteiger partial charge < -0.3 is 10.6 Å². The number of nitrogens with zero attached hydrogens (tertiary/aromatic N) is 2. The Morgan fingerprint density at radius 3 is 3.00 bits per heavy atom. The highest BCUT2D eigenvalue weighted by molar-refractivity contribution is 5.82. The number of hydrogen-bond acceptors (Lipinski definition) is 4. The zero-order valence-electron chi connectivity index (χ0n) is 11.8. The molecule has 0 fully saturated rings. The molecule has 0 spiro atoms. The average Bonchev–Trinajstić information content (AvgIpc) is 3.04. The van der Waals surface area contributed by atoms with Gasteiger partial charge in [0, 0.05) is 19.5 Å². The van der Waals surface area contributed by atoms with Crippen LogP contribution in [-0.4, -0.2) is 33.7 Å². The Bertz CT molecular complexity index is 596. The molecule has 21 heavy (non-hydrogen) atoms. The van der Waals surface area contributed by atoms with E-state index < -0.39 is 0 Å². The lowest BCUT2D eigenvalue weighted by Crippen LogP contribution is -2.47. The molecule has 3 N–H and O–H groups in total. The van der Waals surface area contributed by atoms with E-state index in [0.717, 1.165) is 31.6 Å². The van der Waals surface area contributed by atoms with Gasteiger partial charge in [0.05, 0.1) is 6.04 Å². The molecule has 6 nitrogen and oxygen atoms in total. The first-order chi connectivity index (χ1) is 10.3. The van der Waals surface area contributed by atoms with E-state index >= 15 is 0 Å². The summed E-state index contributed by atoms with van der Waals surface area (Å²) < 4.78 is 0. The largest absolute Gasteiger partial charge is 0.355 e. The van der Waals surface area contributed by atoms with Gasteiger partial charge in [-0.2, -0.15) is 5.10 Å². The van der Waals surface area contributed by atoms with Gasteiger partial charge in [0.25, 0.3) is 0 Å². The molecule has 0 saturated heterocycles. The summed E-state index contributed by atoms with van der Waals surface area (Å²) in [7, 11) is 0. The Labute approximate surface area is 123 Å². The average molecular weight is 285 g/mol. The minimum absolute atomic E-state index is 0.0714. The summed E-state index contributed by atoms with van der Waals surface area (Å²) >= 11 is 0. The topological polar surface area (TPSA) is 82.7 Å². The van der Waals surface area contributed by atoms with Crippen LogP contribution in [-0.2, 0) is 24.2 Å².